The molecular formula is C15H14N4O. The van der Waals surface area contributed by atoms with Crippen LogP contribution in [0, 0.1) is 6.92 Å². The highest BCUT2D eigenvalue weighted by Gasteiger charge is 2.11. The van der Waals surface area contributed by atoms with Crippen molar-refractivity contribution in [2.45, 2.75) is 6.92 Å². The minimum absolute atomic E-state index is 0.108. The smallest absolute Gasteiger partial charge is 0.251 e. The molecule has 0 bridgehead atoms. The number of nitrogens with one attached hydrogen (secondary N) is 1. The first kappa shape index (κ1) is 12.3. The van der Waals surface area contributed by atoms with Crippen molar-refractivity contribution < 1.29 is 4.79 Å². The zero-order chi connectivity index (χ0) is 14.1. The van der Waals surface area contributed by atoms with Crippen molar-refractivity contribution in [3.63, 3.8) is 0 Å². The summed E-state index contributed by atoms with van der Waals surface area (Å²) < 4.78 is 1.90. The summed E-state index contributed by atoms with van der Waals surface area (Å²) in [5.74, 6) is -0.108. The first-order valence-electron chi connectivity index (χ1n) is 6.32. The van der Waals surface area contributed by atoms with Gasteiger partial charge in [0.25, 0.3) is 5.91 Å². The number of carbonyl (C=O) groups excluding carboxylic acids is 1. The molecule has 0 radical (unpaired) electrons. The number of nitrogens with zero attached hydrogens (tertiary/aromatic N) is 3. The summed E-state index contributed by atoms with van der Waals surface area (Å²) in [5.41, 5.74) is 4.20. The van der Waals surface area contributed by atoms with Crippen LogP contribution in [0.15, 0.2) is 42.9 Å². The van der Waals surface area contributed by atoms with Gasteiger partial charge < -0.3 is 5.32 Å². The second-order valence-corrected chi connectivity index (χ2v) is 4.54. The Morgan fingerprint density at radius 1 is 1.25 bits per heavy atom. The van der Waals surface area contributed by atoms with Gasteiger partial charge in [0, 0.05) is 18.8 Å². The molecule has 0 fully saturated rings. The maximum atomic E-state index is 11.8. The van der Waals surface area contributed by atoms with Gasteiger partial charge in [0.2, 0.25) is 0 Å². The number of pyridine rings is 1. The van der Waals surface area contributed by atoms with Crippen LogP contribution in [0.5, 0.6) is 0 Å². The number of hydrogen-bond donors (Lipinski definition) is 1. The summed E-state index contributed by atoms with van der Waals surface area (Å²) in [6, 6.07) is 9.35. The summed E-state index contributed by atoms with van der Waals surface area (Å²) in [4.78, 5) is 20.4. The molecule has 0 aliphatic rings. The number of amides is 1. The molecule has 3 aromatic rings. The molecule has 0 aliphatic heterocycles. The molecule has 0 saturated heterocycles. The fourth-order valence-electron chi connectivity index (χ4n) is 2.18. The lowest BCUT2D eigenvalue weighted by atomic mass is 10.1. The topological polar surface area (TPSA) is 59.8 Å². The second-order valence-electron chi connectivity index (χ2n) is 4.54. The van der Waals surface area contributed by atoms with E-state index in [9.17, 15) is 4.79 Å². The minimum Gasteiger partial charge on any atom is -0.355 e. The highest BCUT2D eigenvalue weighted by Crippen LogP contribution is 2.20. The average molecular weight is 266 g/mol. The molecule has 1 N–H and O–H groups in total. The van der Waals surface area contributed by atoms with E-state index in [1.54, 1.807) is 19.6 Å². The standard InChI is InChI=1S/C15H14N4O/c1-10-5-6-11(15(20)16-2)8-13(10)19-9-18-12-4-3-7-17-14(12)19/h3-9H,1-2H3,(H,16,20). The maximum Gasteiger partial charge on any atom is 0.251 e. The van der Waals surface area contributed by atoms with Crippen molar-refractivity contribution in [2.75, 3.05) is 7.05 Å². The van der Waals surface area contributed by atoms with Crippen LogP contribution in [-0.4, -0.2) is 27.5 Å². The zero-order valence-corrected chi connectivity index (χ0v) is 11.3. The number of hydrogen-bond acceptors (Lipinski definition) is 3. The summed E-state index contributed by atoms with van der Waals surface area (Å²) in [6.07, 6.45) is 3.46. The fourth-order valence-corrected chi connectivity index (χ4v) is 2.18. The number of rotatable bonds is 2. The van der Waals surface area contributed by atoms with Crippen LogP contribution in [0.25, 0.3) is 16.9 Å². The van der Waals surface area contributed by atoms with Gasteiger partial charge >= 0.3 is 0 Å². The maximum absolute atomic E-state index is 11.8. The van der Waals surface area contributed by atoms with Crippen molar-refractivity contribution in [1.82, 2.24) is 19.9 Å². The monoisotopic (exact) mass is 266 g/mol. The van der Waals surface area contributed by atoms with E-state index in [4.69, 9.17) is 0 Å². The third-order valence-corrected chi connectivity index (χ3v) is 3.26. The Morgan fingerprint density at radius 2 is 2.10 bits per heavy atom. The highest BCUT2D eigenvalue weighted by atomic mass is 16.1. The summed E-state index contributed by atoms with van der Waals surface area (Å²) >= 11 is 0. The quantitative estimate of drug-likeness (QED) is 0.772. The summed E-state index contributed by atoms with van der Waals surface area (Å²) in [6.45, 7) is 2.00. The number of aromatic nitrogens is 3. The second kappa shape index (κ2) is 4.77. The third-order valence-electron chi connectivity index (χ3n) is 3.26. The zero-order valence-electron chi connectivity index (χ0n) is 11.3. The first-order valence-corrected chi connectivity index (χ1v) is 6.32. The van der Waals surface area contributed by atoms with Crippen LogP contribution in [-0.2, 0) is 0 Å². The van der Waals surface area contributed by atoms with Crippen molar-refractivity contribution in [1.29, 1.82) is 0 Å². The van der Waals surface area contributed by atoms with E-state index in [1.165, 1.54) is 0 Å². The lowest BCUT2D eigenvalue weighted by molar-refractivity contribution is 0.0963. The van der Waals surface area contributed by atoms with Gasteiger partial charge in [0.05, 0.1) is 5.69 Å². The van der Waals surface area contributed by atoms with E-state index in [0.29, 0.717) is 5.56 Å². The molecule has 20 heavy (non-hydrogen) atoms. The lowest BCUT2D eigenvalue weighted by Crippen LogP contribution is -2.18. The predicted molar refractivity (Wildman–Crippen MR) is 77.0 cm³/mol. The molecule has 3 rings (SSSR count). The van der Waals surface area contributed by atoms with Crippen molar-refractivity contribution >= 4 is 17.1 Å². The van der Waals surface area contributed by atoms with Crippen molar-refractivity contribution in [3.8, 4) is 5.69 Å². The Balaban J connectivity index is 2.21. The number of aryl methyl sites for hydroxylation is 1. The van der Waals surface area contributed by atoms with Gasteiger partial charge in [-0.25, -0.2) is 9.97 Å². The normalized spacial score (nSPS) is 10.7. The summed E-state index contributed by atoms with van der Waals surface area (Å²) in [5, 5.41) is 2.63. The Kier molecular flexibility index (Phi) is 2.95. The molecule has 0 atom stereocenters. The average Bonchev–Trinajstić information content (AvgIpc) is 2.91. The van der Waals surface area contributed by atoms with Gasteiger partial charge in [-0.05, 0) is 36.8 Å². The van der Waals surface area contributed by atoms with Crippen LogP contribution in [0.3, 0.4) is 0 Å². The van der Waals surface area contributed by atoms with Gasteiger partial charge in [-0.15, -0.1) is 0 Å². The molecule has 0 aliphatic carbocycles. The molecule has 1 aromatic carbocycles. The van der Waals surface area contributed by atoms with Gasteiger partial charge in [0.15, 0.2) is 5.65 Å². The molecule has 1 amide bonds. The van der Waals surface area contributed by atoms with E-state index < -0.39 is 0 Å². The SMILES string of the molecule is CNC(=O)c1ccc(C)c(-n2cnc3cccnc32)c1. The Morgan fingerprint density at radius 3 is 2.90 bits per heavy atom. The Hall–Kier alpha value is -2.69. The highest BCUT2D eigenvalue weighted by molar-refractivity contribution is 5.94. The van der Waals surface area contributed by atoms with Gasteiger partial charge in [-0.1, -0.05) is 6.07 Å². The molecule has 2 aromatic heterocycles. The predicted octanol–water partition coefficient (Wildman–Crippen LogP) is 2.09. The molecule has 0 unspecified atom stereocenters. The van der Waals surface area contributed by atoms with Crippen LogP contribution >= 0.6 is 0 Å². The van der Waals surface area contributed by atoms with E-state index in [2.05, 4.69) is 15.3 Å². The fraction of sp³-hybridized carbons (Fsp3) is 0.133. The number of carbonyl (C=O) groups is 1. The minimum atomic E-state index is -0.108. The van der Waals surface area contributed by atoms with E-state index in [0.717, 1.165) is 22.4 Å². The number of benzene rings is 1. The van der Waals surface area contributed by atoms with Crippen LogP contribution in [0.4, 0.5) is 0 Å². The van der Waals surface area contributed by atoms with Crippen LogP contribution in [0.2, 0.25) is 0 Å². The third kappa shape index (κ3) is 1.93. The summed E-state index contributed by atoms with van der Waals surface area (Å²) in [7, 11) is 1.62. The van der Waals surface area contributed by atoms with Crippen molar-refractivity contribution in [2.24, 2.45) is 0 Å². The Bertz CT molecular complexity index is 791. The van der Waals surface area contributed by atoms with Gasteiger partial charge in [-0.2, -0.15) is 0 Å². The number of fused-ring (bicyclic) bond motifs is 1. The van der Waals surface area contributed by atoms with E-state index >= 15 is 0 Å². The molecule has 2 heterocycles. The molecule has 5 heteroatoms. The van der Waals surface area contributed by atoms with Crippen LogP contribution in [0.1, 0.15) is 15.9 Å². The van der Waals surface area contributed by atoms with Crippen LogP contribution < -0.4 is 5.32 Å². The molecule has 5 nitrogen and oxygen atoms in total. The molecule has 100 valence electrons. The largest absolute Gasteiger partial charge is 0.355 e. The molecule has 0 saturated carbocycles. The van der Waals surface area contributed by atoms with Gasteiger partial charge in [-0.3, -0.25) is 9.36 Å². The molecular weight excluding hydrogens is 252 g/mol. The lowest BCUT2D eigenvalue weighted by Gasteiger charge is -2.09. The molecule has 0 spiro atoms. The number of imidazole rings is 1. The van der Waals surface area contributed by atoms with E-state index in [-0.39, 0.29) is 5.91 Å². The Labute approximate surface area is 116 Å². The van der Waals surface area contributed by atoms with Gasteiger partial charge in [0.1, 0.15) is 11.8 Å². The first-order chi connectivity index (χ1) is 9.70. The van der Waals surface area contributed by atoms with Crippen molar-refractivity contribution in [3.05, 3.63) is 54.0 Å². The van der Waals surface area contributed by atoms with E-state index in [1.807, 2.05) is 41.8 Å².